The Morgan fingerprint density at radius 1 is 0.947 bits per heavy atom. The van der Waals surface area contributed by atoms with E-state index in [0.29, 0.717) is 5.75 Å². The monoisotopic (exact) mass is 512 g/mol. The molecule has 4 nitrogen and oxygen atoms in total. The number of methoxy groups -OCH3 is 1. The maximum atomic E-state index is 9.19. The minimum absolute atomic E-state index is 0.408. The highest BCUT2D eigenvalue weighted by molar-refractivity contribution is 5.51. The van der Waals surface area contributed by atoms with Crippen LogP contribution in [0.3, 0.4) is 0 Å². The lowest BCUT2D eigenvalue weighted by Gasteiger charge is -2.24. The van der Waals surface area contributed by atoms with Crippen LogP contribution in [0.25, 0.3) is 0 Å². The van der Waals surface area contributed by atoms with Crippen LogP contribution >= 0.6 is 0 Å². The van der Waals surface area contributed by atoms with Crippen LogP contribution in [-0.4, -0.2) is 43.8 Å². The number of hydrogen-bond acceptors (Lipinski definition) is 4. The van der Waals surface area contributed by atoms with Gasteiger partial charge in [0.05, 0.1) is 7.11 Å². The Hall–Kier alpha value is -3.68. The molecule has 0 aromatic heterocycles. The SMILES string of the molecule is C#C.C=CCN(C)CCc1ccc(CN(CC)c2cccc(OC)c2)cc1.Oc1ccc2c(c1)CCCC2. The molecule has 0 amide bonds. The number of hydrogen-bond donors (Lipinski definition) is 1. The number of anilines is 1. The molecule has 0 fully saturated rings. The molecule has 0 bridgehead atoms. The topological polar surface area (TPSA) is 35.9 Å². The first-order valence-electron chi connectivity index (χ1n) is 13.4. The van der Waals surface area contributed by atoms with Crippen molar-refractivity contribution < 1.29 is 9.84 Å². The summed E-state index contributed by atoms with van der Waals surface area (Å²) in [7, 11) is 3.84. The molecule has 4 rings (SSSR count). The fraction of sp³-hybridized carbons (Fsp3) is 0.353. The first kappa shape index (κ1) is 30.5. The normalized spacial score (nSPS) is 11.7. The molecular weight excluding hydrogens is 468 g/mol. The number of aryl methyl sites for hydroxylation is 2. The number of terminal acetylenes is 1. The van der Waals surface area contributed by atoms with E-state index in [1.165, 1.54) is 47.2 Å². The van der Waals surface area contributed by atoms with Gasteiger partial charge in [0.25, 0.3) is 0 Å². The van der Waals surface area contributed by atoms with E-state index in [0.717, 1.165) is 44.8 Å². The average molecular weight is 513 g/mol. The molecule has 0 saturated carbocycles. The van der Waals surface area contributed by atoms with Crippen molar-refractivity contribution in [2.75, 3.05) is 38.7 Å². The van der Waals surface area contributed by atoms with E-state index in [1.807, 2.05) is 30.3 Å². The van der Waals surface area contributed by atoms with E-state index < -0.39 is 0 Å². The second-order valence-electron chi connectivity index (χ2n) is 9.49. The van der Waals surface area contributed by atoms with Crippen molar-refractivity contribution >= 4 is 5.69 Å². The Labute approximate surface area is 230 Å². The molecule has 202 valence electrons. The van der Waals surface area contributed by atoms with Crippen LogP contribution in [0.15, 0.2) is 79.4 Å². The summed E-state index contributed by atoms with van der Waals surface area (Å²) in [5, 5.41) is 9.19. The maximum Gasteiger partial charge on any atom is 0.120 e. The van der Waals surface area contributed by atoms with Gasteiger partial charge in [-0.3, -0.25) is 0 Å². The van der Waals surface area contributed by atoms with Gasteiger partial charge in [-0.05, 0) is 92.6 Å². The minimum atomic E-state index is 0.408. The number of likely N-dealkylation sites (N-methyl/N-ethyl adjacent to an activating group) is 1. The summed E-state index contributed by atoms with van der Waals surface area (Å²) < 4.78 is 5.34. The lowest BCUT2D eigenvalue weighted by atomic mass is 9.92. The number of benzene rings is 3. The van der Waals surface area contributed by atoms with Gasteiger partial charge in [0.2, 0.25) is 0 Å². The molecule has 4 heteroatoms. The Bertz CT molecular complexity index is 1120. The molecule has 0 heterocycles. The number of ether oxygens (including phenoxy) is 1. The second-order valence-corrected chi connectivity index (χ2v) is 9.49. The molecule has 38 heavy (non-hydrogen) atoms. The summed E-state index contributed by atoms with van der Waals surface area (Å²) in [6, 6.07) is 22.9. The van der Waals surface area contributed by atoms with Crippen LogP contribution in [0.5, 0.6) is 11.5 Å². The molecule has 0 spiro atoms. The first-order valence-corrected chi connectivity index (χ1v) is 13.4. The van der Waals surface area contributed by atoms with Gasteiger partial charge in [0.1, 0.15) is 11.5 Å². The Kier molecular flexibility index (Phi) is 13.6. The van der Waals surface area contributed by atoms with Gasteiger partial charge in [-0.2, -0.15) is 0 Å². The molecule has 3 aromatic carbocycles. The first-order chi connectivity index (χ1) is 18.5. The number of phenols is 1. The Balaban J connectivity index is 0.000000321. The zero-order valence-corrected chi connectivity index (χ0v) is 23.4. The van der Waals surface area contributed by atoms with Gasteiger partial charge in [-0.1, -0.05) is 42.5 Å². The fourth-order valence-electron chi connectivity index (χ4n) is 4.58. The number of fused-ring (bicyclic) bond motifs is 1. The van der Waals surface area contributed by atoms with Crippen molar-refractivity contribution in [3.8, 4) is 24.3 Å². The number of nitrogens with zero attached hydrogens (tertiary/aromatic N) is 2. The third kappa shape index (κ3) is 10.00. The molecule has 0 saturated heterocycles. The molecular formula is C34H44N2O2. The van der Waals surface area contributed by atoms with Crippen LogP contribution in [0, 0.1) is 12.8 Å². The molecule has 0 atom stereocenters. The van der Waals surface area contributed by atoms with Crippen molar-refractivity contribution in [3.63, 3.8) is 0 Å². The van der Waals surface area contributed by atoms with E-state index in [9.17, 15) is 5.11 Å². The minimum Gasteiger partial charge on any atom is -0.508 e. The van der Waals surface area contributed by atoms with Crippen LogP contribution in [0.2, 0.25) is 0 Å². The highest BCUT2D eigenvalue weighted by atomic mass is 16.5. The number of rotatable bonds is 10. The van der Waals surface area contributed by atoms with Gasteiger partial charge in [-0.15, -0.1) is 19.4 Å². The molecule has 0 aliphatic heterocycles. The quantitative estimate of drug-likeness (QED) is 0.237. The molecule has 0 radical (unpaired) electrons. The standard InChI is InChI=1S/C22H30N2O.C10H12O.C2H2/c1-5-15-23(3)16-14-19-10-12-20(13-11-19)18-24(6-2)21-8-7-9-22(17-21)25-4;11-10-6-5-8-3-1-2-4-9(8)7-10;1-2/h5,7-13,17H,1,6,14-16,18H2,2-4H3;5-7,11H,1-4H2;1-2H. The highest BCUT2D eigenvalue weighted by Crippen LogP contribution is 2.24. The number of aromatic hydroxyl groups is 1. The summed E-state index contributed by atoms with van der Waals surface area (Å²) in [6.07, 6.45) is 15.9. The van der Waals surface area contributed by atoms with E-state index >= 15 is 0 Å². The van der Waals surface area contributed by atoms with Crippen LogP contribution in [0.4, 0.5) is 5.69 Å². The van der Waals surface area contributed by atoms with Crippen LogP contribution in [0.1, 0.15) is 42.0 Å². The van der Waals surface area contributed by atoms with E-state index in [1.54, 1.807) is 13.2 Å². The third-order valence-electron chi connectivity index (χ3n) is 6.75. The van der Waals surface area contributed by atoms with Crippen molar-refractivity contribution in [3.05, 3.63) is 102 Å². The summed E-state index contributed by atoms with van der Waals surface area (Å²) in [4.78, 5) is 4.64. The Morgan fingerprint density at radius 2 is 1.63 bits per heavy atom. The van der Waals surface area contributed by atoms with Crippen molar-refractivity contribution in [1.82, 2.24) is 4.90 Å². The third-order valence-corrected chi connectivity index (χ3v) is 6.75. The number of phenolic OH excluding ortho intramolecular Hbond substituents is 1. The summed E-state index contributed by atoms with van der Waals surface area (Å²) in [5.41, 5.74) is 6.67. The fourth-order valence-corrected chi connectivity index (χ4v) is 4.58. The average Bonchev–Trinajstić information content (AvgIpc) is 2.97. The van der Waals surface area contributed by atoms with Gasteiger partial charge in [0.15, 0.2) is 0 Å². The molecule has 1 aliphatic rings. The highest BCUT2D eigenvalue weighted by Gasteiger charge is 2.09. The predicted octanol–water partition coefficient (Wildman–Crippen LogP) is 6.90. The zero-order chi connectivity index (χ0) is 27.8. The maximum absolute atomic E-state index is 9.19. The van der Waals surface area contributed by atoms with Crippen LogP contribution < -0.4 is 9.64 Å². The van der Waals surface area contributed by atoms with E-state index in [4.69, 9.17) is 4.74 Å². The van der Waals surface area contributed by atoms with Gasteiger partial charge >= 0.3 is 0 Å². The van der Waals surface area contributed by atoms with Crippen LogP contribution in [-0.2, 0) is 25.8 Å². The molecule has 1 aliphatic carbocycles. The zero-order valence-electron chi connectivity index (χ0n) is 23.4. The Morgan fingerprint density at radius 3 is 2.29 bits per heavy atom. The van der Waals surface area contributed by atoms with Crippen molar-refractivity contribution in [2.24, 2.45) is 0 Å². The molecule has 3 aromatic rings. The van der Waals surface area contributed by atoms with Crippen molar-refractivity contribution in [1.29, 1.82) is 0 Å². The summed E-state index contributed by atoms with van der Waals surface area (Å²) in [6.45, 7) is 9.82. The predicted molar refractivity (Wildman–Crippen MR) is 162 cm³/mol. The molecule has 0 unspecified atom stereocenters. The smallest absolute Gasteiger partial charge is 0.120 e. The molecule has 1 N–H and O–H groups in total. The largest absolute Gasteiger partial charge is 0.508 e. The van der Waals surface area contributed by atoms with Crippen molar-refractivity contribution in [2.45, 2.75) is 45.6 Å². The lowest BCUT2D eigenvalue weighted by Crippen LogP contribution is -2.22. The summed E-state index contributed by atoms with van der Waals surface area (Å²) in [5.74, 6) is 1.31. The van der Waals surface area contributed by atoms with Gasteiger partial charge in [-0.25, -0.2) is 0 Å². The van der Waals surface area contributed by atoms with E-state index in [2.05, 4.69) is 79.6 Å². The van der Waals surface area contributed by atoms with Gasteiger partial charge in [0, 0.05) is 37.9 Å². The second kappa shape index (κ2) is 16.9. The van der Waals surface area contributed by atoms with Gasteiger partial charge < -0.3 is 19.6 Å². The lowest BCUT2D eigenvalue weighted by molar-refractivity contribution is 0.375. The van der Waals surface area contributed by atoms with E-state index in [-0.39, 0.29) is 0 Å². The summed E-state index contributed by atoms with van der Waals surface area (Å²) >= 11 is 0.